The monoisotopic (exact) mass is 278 g/mol. The molecule has 2 rings (SSSR count). The number of hydrogen-bond acceptors (Lipinski definition) is 4. The highest BCUT2D eigenvalue weighted by molar-refractivity contribution is 7.98. The summed E-state index contributed by atoms with van der Waals surface area (Å²) in [6.45, 7) is 4.39. The van der Waals surface area contributed by atoms with Gasteiger partial charge in [-0.3, -0.25) is 0 Å². The minimum atomic E-state index is -0.486. The van der Waals surface area contributed by atoms with Crippen LogP contribution < -0.4 is 5.76 Å². The van der Waals surface area contributed by atoms with Gasteiger partial charge in [0.05, 0.1) is 5.75 Å². The van der Waals surface area contributed by atoms with Crippen molar-refractivity contribution in [2.24, 2.45) is 0 Å². The highest BCUT2D eigenvalue weighted by Crippen LogP contribution is 2.16. The molecule has 0 bridgehead atoms. The molecule has 2 aromatic rings. The van der Waals surface area contributed by atoms with E-state index < -0.39 is 5.76 Å². The number of aromatic nitrogens is 2. The Labute approximate surface area is 116 Å². The number of thioether (sulfide) groups is 1. The van der Waals surface area contributed by atoms with Crippen molar-refractivity contribution in [1.29, 1.82) is 0 Å². The van der Waals surface area contributed by atoms with Gasteiger partial charge in [0.15, 0.2) is 0 Å². The number of aryl methyl sites for hydroxylation is 1. The van der Waals surface area contributed by atoms with Crippen LogP contribution in [0, 0.1) is 0 Å². The van der Waals surface area contributed by atoms with E-state index in [0.29, 0.717) is 17.6 Å². The maximum atomic E-state index is 10.7. The molecule has 19 heavy (non-hydrogen) atoms. The first-order valence-corrected chi connectivity index (χ1v) is 7.51. The van der Waals surface area contributed by atoms with Crippen molar-refractivity contribution >= 4 is 11.8 Å². The lowest BCUT2D eigenvalue weighted by atomic mass is 10.0. The van der Waals surface area contributed by atoms with E-state index in [9.17, 15) is 4.79 Å². The Morgan fingerprint density at radius 1 is 1.32 bits per heavy atom. The third-order valence-corrected chi connectivity index (χ3v) is 3.83. The zero-order valence-electron chi connectivity index (χ0n) is 11.2. The smallest absolute Gasteiger partial charge is 0.392 e. The summed E-state index contributed by atoms with van der Waals surface area (Å²) in [7, 11) is 0. The van der Waals surface area contributed by atoms with Gasteiger partial charge in [0.2, 0.25) is 5.89 Å². The number of aromatic amines is 1. The first-order valence-electron chi connectivity index (χ1n) is 6.36. The van der Waals surface area contributed by atoms with Crippen LogP contribution in [0.4, 0.5) is 0 Å². The lowest BCUT2D eigenvalue weighted by Crippen LogP contribution is -1.94. The molecule has 0 amide bonds. The zero-order valence-corrected chi connectivity index (χ0v) is 12.0. The summed E-state index contributed by atoms with van der Waals surface area (Å²) >= 11 is 1.71. The molecule has 0 saturated heterocycles. The summed E-state index contributed by atoms with van der Waals surface area (Å²) in [6, 6.07) is 8.75. The fourth-order valence-corrected chi connectivity index (χ4v) is 2.56. The summed E-state index contributed by atoms with van der Waals surface area (Å²) in [5.41, 5.74) is 2.70. The number of nitrogens with zero attached hydrogens (tertiary/aromatic N) is 1. The molecule has 4 nitrogen and oxygen atoms in total. The van der Waals surface area contributed by atoms with E-state index in [0.717, 1.165) is 12.2 Å². The highest BCUT2D eigenvalue weighted by atomic mass is 32.2. The van der Waals surface area contributed by atoms with E-state index in [1.165, 1.54) is 11.1 Å². The lowest BCUT2D eigenvalue weighted by Gasteiger charge is -2.06. The molecule has 0 atom stereocenters. The van der Waals surface area contributed by atoms with Crippen molar-refractivity contribution in [2.45, 2.75) is 31.9 Å². The molecular formula is C14H18N2O2S. The Hall–Kier alpha value is -1.49. The fourth-order valence-electron chi connectivity index (χ4n) is 1.74. The van der Waals surface area contributed by atoms with Crippen LogP contribution in [0.25, 0.3) is 0 Å². The van der Waals surface area contributed by atoms with Gasteiger partial charge in [-0.1, -0.05) is 38.1 Å². The Morgan fingerprint density at radius 2 is 2.05 bits per heavy atom. The van der Waals surface area contributed by atoms with E-state index in [-0.39, 0.29) is 0 Å². The molecule has 5 heteroatoms. The van der Waals surface area contributed by atoms with E-state index in [2.05, 4.69) is 48.3 Å². The van der Waals surface area contributed by atoms with Gasteiger partial charge in [-0.15, -0.1) is 5.10 Å². The van der Waals surface area contributed by atoms with Crippen molar-refractivity contribution in [2.75, 3.05) is 5.75 Å². The van der Waals surface area contributed by atoms with Crippen molar-refractivity contribution < 1.29 is 4.42 Å². The third kappa shape index (κ3) is 4.28. The molecule has 0 unspecified atom stereocenters. The van der Waals surface area contributed by atoms with Crippen molar-refractivity contribution in [1.82, 2.24) is 10.2 Å². The molecule has 0 fully saturated rings. The molecule has 1 heterocycles. The predicted molar refractivity (Wildman–Crippen MR) is 77.5 cm³/mol. The van der Waals surface area contributed by atoms with Gasteiger partial charge < -0.3 is 4.42 Å². The minimum Gasteiger partial charge on any atom is -0.392 e. The van der Waals surface area contributed by atoms with Gasteiger partial charge in [-0.2, -0.15) is 11.8 Å². The van der Waals surface area contributed by atoms with Gasteiger partial charge in [-0.25, -0.2) is 9.89 Å². The van der Waals surface area contributed by atoms with Crippen LogP contribution in [0.1, 0.15) is 36.8 Å². The largest absolute Gasteiger partial charge is 0.434 e. The van der Waals surface area contributed by atoms with Crippen LogP contribution in [0.15, 0.2) is 33.5 Å². The average Bonchev–Trinajstić information content (AvgIpc) is 2.81. The van der Waals surface area contributed by atoms with E-state index in [1.807, 2.05) is 0 Å². The highest BCUT2D eigenvalue weighted by Gasteiger charge is 2.02. The van der Waals surface area contributed by atoms with Gasteiger partial charge in [0.1, 0.15) is 0 Å². The van der Waals surface area contributed by atoms with Gasteiger partial charge in [0, 0.05) is 0 Å². The molecule has 0 aliphatic carbocycles. The van der Waals surface area contributed by atoms with E-state index >= 15 is 0 Å². The van der Waals surface area contributed by atoms with E-state index in [4.69, 9.17) is 4.42 Å². The fraction of sp³-hybridized carbons (Fsp3) is 0.429. The summed E-state index contributed by atoms with van der Waals surface area (Å²) in [6.07, 6.45) is 1.01. The first-order chi connectivity index (χ1) is 9.15. The van der Waals surface area contributed by atoms with Crippen molar-refractivity contribution in [3.8, 4) is 0 Å². The summed E-state index contributed by atoms with van der Waals surface area (Å²) < 4.78 is 4.83. The number of rotatable bonds is 6. The summed E-state index contributed by atoms with van der Waals surface area (Å²) in [5, 5.41) is 6.02. The van der Waals surface area contributed by atoms with Gasteiger partial charge in [-0.05, 0) is 29.2 Å². The van der Waals surface area contributed by atoms with Crippen molar-refractivity contribution in [3.63, 3.8) is 0 Å². The maximum Gasteiger partial charge on any atom is 0.434 e. The molecule has 1 aromatic heterocycles. The van der Waals surface area contributed by atoms with Gasteiger partial charge >= 0.3 is 5.76 Å². The SMILES string of the molecule is CC(C)c1ccc(CCSCc2n[nH]c(=O)o2)cc1. The maximum absolute atomic E-state index is 10.7. The molecule has 0 radical (unpaired) electrons. The number of nitrogens with one attached hydrogen (secondary N) is 1. The van der Waals surface area contributed by atoms with E-state index in [1.54, 1.807) is 11.8 Å². The van der Waals surface area contributed by atoms with Crippen LogP contribution in [0.3, 0.4) is 0 Å². The van der Waals surface area contributed by atoms with Crippen LogP contribution in [0.5, 0.6) is 0 Å². The molecule has 0 aliphatic rings. The van der Waals surface area contributed by atoms with Crippen LogP contribution >= 0.6 is 11.8 Å². The second-order valence-electron chi connectivity index (χ2n) is 4.71. The molecule has 102 valence electrons. The van der Waals surface area contributed by atoms with Crippen LogP contribution in [0.2, 0.25) is 0 Å². The average molecular weight is 278 g/mol. The van der Waals surface area contributed by atoms with Crippen LogP contribution in [-0.4, -0.2) is 16.0 Å². The Balaban J connectivity index is 1.75. The molecule has 1 aromatic carbocycles. The molecule has 0 saturated carbocycles. The predicted octanol–water partition coefficient (Wildman–Crippen LogP) is 2.96. The first kappa shape index (κ1) is 13.9. The Bertz CT molecular complexity index is 557. The normalized spacial score (nSPS) is 11.1. The number of H-pyrrole nitrogens is 1. The second kappa shape index (κ2) is 6.61. The second-order valence-corrected chi connectivity index (χ2v) is 5.81. The summed E-state index contributed by atoms with van der Waals surface area (Å²) in [5.74, 6) is 2.16. The Kier molecular flexibility index (Phi) is 4.85. The molecule has 0 spiro atoms. The van der Waals surface area contributed by atoms with Gasteiger partial charge in [0.25, 0.3) is 0 Å². The summed E-state index contributed by atoms with van der Waals surface area (Å²) in [4.78, 5) is 10.7. The zero-order chi connectivity index (χ0) is 13.7. The topological polar surface area (TPSA) is 58.9 Å². The standard InChI is InChI=1S/C14H18N2O2S/c1-10(2)12-5-3-11(4-6-12)7-8-19-9-13-15-16-14(17)18-13/h3-6,10H,7-9H2,1-2H3,(H,16,17). The molecular weight excluding hydrogens is 260 g/mol. The molecule has 0 aliphatic heterocycles. The third-order valence-electron chi connectivity index (χ3n) is 2.89. The van der Waals surface area contributed by atoms with Crippen LogP contribution in [-0.2, 0) is 12.2 Å². The van der Waals surface area contributed by atoms with Crippen molar-refractivity contribution in [3.05, 3.63) is 51.8 Å². The number of hydrogen-bond donors (Lipinski definition) is 1. The quantitative estimate of drug-likeness (QED) is 0.825. The lowest BCUT2D eigenvalue weighted by molar-refractivity contribution is 0.479. The Morgan fingerprint density at radius 3 is 2.63 bits per heavy atom. The number of benzene rings is 1. The minimum absolute atomic E-state index is 0.463. The molecule has 1 N–H and O–H groups in total.